The SMILES string of the molecule is CC(C)(C)OC(=O)CCNC(=O)C1=CC(C(O)(C(F)(F)F)C(F)(F)F)ON1. The van der Waals surface area contributed by atoms with E-state index >= 15 is 0 Å². The Morgan fingerprint density at radius 2 is 1.70 bits per heavy atom. The van der Waals surface area contributed by atoms with Crippen molar-refractivity contribution < 1.29 is 50.6 Å². The summed E-state index contributed by atoms with van der Waals surface area (Å²) in [5.41, 5.74) is -5.16. The lowest BCUT2D eigenvalue weighted by Crippen LogP contribution is -2.64. The lowest BCUT2D eigenvalue weighted by Gasteiger charge is -2.34. The largest absolute Gasteiger partial charge is 0.460 e. The van der Waals surface area contributed by atoms with Gasteiger partial charge in [0.25, 0.3) is 11.5 Å². The van der Waals surface area contributed by atoms with Crippen molar-refractivity contribution in [1.29, 1.82) is 0 Å². The number of esters is 1. The zero-order valence-electron chi connectivity index (χ0n) is 14.4. The molecule has 0 saturated heterocycles. The number of carbonyl (C=O) groups is 2. The first kappa shape index (κ1) is 23.0. The topological polar surface area (TPSA) is 96.9 Å². The number of amides is 1. The third kappa shape index (κ3) is 5.48. The molecule has 27 heavy (non-hydrogen) atoms. The highest BCUT2D eigenvalue weighted by atomic mass is 19.4. The standard InChI is InChI=1S/C14H18F6N2O5/c1-11(2,3)26-9(23)4-5-21-10(24)7-6-8(27-22-7)12(25,13(15,16)17)14(18,19)20/h6,8,22,25H,4-5H2,1-3H3,(H,21,24). The third-order valence-electron chi connectivity index (χ3n) is 3.17. The van der Waals surface area contributed by atoms with E-state index in [2.05, 4.69) is 10.2 Å². The van der Waals surface area contributed by atoms with Gasteiger partial charge in [0.15, 0.2) is 6.10 Å². The zero-order chi connectivity index (χ0) is 21.3. The second-order valence-corrected chi connectivity index (χ2v) is 6.58. The van der Waals surface area contributed by atoms with Gasteiger partial charge in [0.2, 0.25) is 0 Å². The highest BCUT2D eigenvalue weighted by Gasteiger charge is 2.75. The molecule has 0 aromatic rings. The summed E-state index contributed by atoms with van der Waals surface area (Å²) in [4.78, 5) is 27.3. The van der Waals surface area contributed by atoms with Crippen molar-refractivity contribution in [2.45, 2.75) is 56.9 Å². The molecule has 1 amide bonds. The fourth-order valence-electron chi connectivity index (χ4n) is 1.92. The number of alkyl halides is 6. The number of nitrogens with one attached hydrogen (secondary N) is 2. The molecule has 1 heterocycles. The van der Waals surface area contributed by atoms with Crippen LogP contribution in [0.4, 0.5) is 26.3 Å². The van der Waals surface area contributed by atoms with Gasteiger partial charge in [0.05, 0.1) is 6.42 Å². The fourth-order valence-corrected chi connectivity index (χ4v) is 1.92. The highest BCUT2D eigenvalue weighted by molar-refractivity contribution is 5.93. The molecule has 7 nitrogen and oxygen atoms in total. The second-order valence-electron chi connectivity index (χ2n) is 6.58. The minimum atomic E-state index is -6.11. The molecule has 0 aromatic heterocycles. The smallest absolute Gasteiger partial charge is 0.429 e. The van der Waals surface area contributed by atoms with E-state index < -0.39 is 47.2 Å². The summed E-state index contributed by atoms with van der Waals surface area (Å²) in [6, 6.07) is 0. The molecule has 0 radical (unpaired) electrons. The lowest BCUT2D eigenvalue weighted by atomic mass is 9.94. The number of halogens is 6. The predicted molar refractivity (Wildman–Crippen MR) is 76.6 cm³/mol. The van der Waals surface area contributed by atoms with Crippen molar-refractivity contribution in [1.82, 2.24) is 10.8 Å². The minimum Gasteiger partial charge on any atom is -0.460 e. The molecule has 3 N–H and O–H groups in total. The van der Waals surface area contributed by atoms with Crippen LogP contribution in [0, 0.1) is 0 Å². The molecule has 1 aliphatic heterocycles. The molecule has 1 rings (SSSR count). The van der Waals surface area contributed by atoms with Gasteiger partial charge < -0.3 is 15.2 Å². The maximum atomic E-state index is 12.7. The van der Waals surface area contributed by atoms with E-state index in [0.29, 0.717) is 0 Å². The van der Waals surface area contributed by atoms with Gasteiger partial charge in [-0.1, -0.05) is 0 Å². The number of rotatable bonds is 5. The Labute approximate surface area is 149 Å². The molecule has 0 spiro atoms. The van der Waals surface area contributed by atoms with Crippen molar-refractivity contribution in [3.8, 4) is 0 Å². The number of carbonyl (C=O) groups excluding carboxylic acids is 2. The van der Waals surface area contributed by atoms with Crippen LogP contribution in [0.15, 0.2) is 11.8 Å². The monoisotopic (exact) mass is 408 g/mol. The van der Waals surface area contributed by atoms with Crippen LogP contribution in [-0.2, 0) is 19.2 Å². The average Bonchev–Trinajstić information content (AvgIpc) is 2.91. The van der Waals surface area contributed by atoms with Gasteiger partial charge in [-0.2, -0.15) is 26.3 Å². The minimum absolute atomic E-state index is 0.157. The third-order valence-corrected chi connectivity index (χ3v) is 3.17. The van der Waals surface area contributed by atoms with Crippen molar-refractivity contribution in [2.24, 2.45) is 0 Å². The molecule has 0 aliphatic carbocycles. The number of hydrogen-bond donors (Lipinski definition) is 3. The molecule has 1 atom stereocenters. The van der Waals surface area contributed by atoms with Gasteiger partial charge in [-0.25, -0.2) is 0 Å². The molecule has 156 valence electrons. The first-order chi connectivity index (χ1) is 12.0. The summed E-state index contributed by atoms with van der Waals surface area (Å²) in [5, 5.41) is 11.3. The Bertz CT molecular complexity index is 595. The van der Waals surface area contributed by atoms with Crippen molar-refractivity contribution >= 4 is 11.9 Å². The van der Waals surface area contributed by atoms with Gasteiger partial charge in [0, 0.05) is 6.54 Å². The van der Waals surface area contributed by atoms with Crippen LogP contribution >= 0.6 is 0 Å². The molecular formula is C14H18F6N2O5. The van der Waals surface area contributed by atoms with Crippen molar-refractivity contribution in [3.63, 3.8) is 0 Å². The second kappa shape index (κ2) is 7.54. The fraction of sp³-hybridized carbons (Fsp3) is 0.714. The van der Waals surface area contributed by atoms with E-state index in [1.54, 1.807) is 26.3 Å². The molecule has 1 unspecified atom stereocenters. The maximum Gasteiger partial charge on any atom is 0.429 e. The average molecular weight is 408 g/mol. The Hall–Kier alpha value is -2.02. The van der Waals surface area contributed by atoms with Crippen LogP contribution in [0.3, 0.4) is 0 Å². The quantitative estimate of drug-likeness (QED) is 0.471. The van der Waals surface area contributed by atoms with Crippen molar-refractivity contribution in [2.75, 3.05) is 6.54 Å². The summed E-state index contributed by atoms with van der Waals surface area (Å²) in [6.45, 7) is 4.53. The van der Waals surface area contributed by atoms with Crippen LogP contribution < -0.4 is 10.8 Å². The van der Waals surface area contributed by atoms with Gasteiger partial charge in [0.1, 0.15) is 11.3 Å². The van der Waals surface area contributed by atoms with Gasteiger partial charge in [-0.05, 0) is 26.8 Å². The van der Waals surface area contributed by atoms with E-state index in [-0.39, 0.29) is 19.0 Å². The molecule has 0 aromatic carbocycles. The molecule has 1 aliphatic rings. The van der Waals surface area contributed by atoms with Crippen LogP contribution in [0.1, 0.15) is 27.2 Å². The van der Waals surface area contributed by atoms with Gasteiger partial charge >= 0.3 is 18.3 Å². The molecule has 13 heteroatoms. The summed E-state index contributed by atoms with van der Waals surface area (Å²) >= 11 is 0. The van der Waals surface area contributed by atoms with Gasteiger partial charge in [-0.3, -0.25) is 19.9 Å². The van der Waals surface area contributed by atoms with Crippen LogP contribution in [0.5, 0.6) is 0 Å². The van der Waals surface area contributed by atoms with E-state index in [1.165, 1.54) is 0 Å². The normalized spacial score (nSPS) is 18.6. The first-order valence-electron chi connectivity index (χ1n) is 7.48. The molecule has 0 fully saturated rings. The number of ether oxygens (including phenoxy) is 1. The van der Waals surface area contributed by atoms with Crippen molar-refractivity contribution in [3.05, 3.63) is 11.8 Å². The Balaban J connectivity index is 2.75. The van der Waals surface area contributed by atoms with E-state index in [4.69, 9.17) is 4.74 Å². The number of hydroxylamine groups is 1. The highest BCUT2D eigenvalue weighted by Crippen LogP contribution is 2.47. The molecule has 0 saturated carbocycles. The number of aliphatic hydroxyl groups is 1. The maximum absolute atomic E-state index is 12.7. The summed E-state index contributed by atoms with van der Waals surface area (Å²) in [7, 11) is 0. The summed E-state index contributed by atoms with van der Waals surface area (Å²) in [6.07, 6.45) is -15.3. The Morgan fingerprint density at radius 1 is 1.19 bits per heavy atom. The van der Waals surface area contributed by atoms with Crippen LogP contribution in [-0.4, -0.2) is 53.2 Å². The molecular weight excluding hydrogens is 390 g/mol. The summed E-state index contributed by atoms with van der Waals surface area (Å²) in [5.74, 6) is -1.80. The van der Waals surface area contributed by atoms with E-state index in [9.17, 15) is 41.0 Å². The van der Waals surface area contributed by atoms with E-state index in [1.807, 2.05) is 0 Å². The Kier molecular flexibility index (Phi) is 6.43. The zero-order valence-corrected chi connectivity index (χ0v) is 14.4. The van der Waals surface area contributed by atoms with Gasteiger partial charge in [-0.15, -0.1) is 0 Å². The first-order valence-corrected chi connectivity index (χ1v) is 7.48. The molecule has 0 bridgehead atoms. The lowest BCUT2D eigenvalue weighted by molar-refractivity contribution is -0.390. The Morgan fingerprint density at radius 3 is 2.15 bits per heavy atom. The summed E-state index contributed by atoms with van der Waals surface area (Å²) < 4.78 is 81.4. The number of hydrogen-bond acceptors (Lipinski definition) is 6. The van der Waals surface area contributed by atoms with Crippen LogP contribution in [0.2, 0.25) is 0 Å². The van der Waals surface area contributed by atoms with E-state index in [0.717, 1.165) is 0 Å². The van der Waals surface area contributed by atoms with Crippen LogP contribution in [0.25, 0.3) is 0 Å². The predicted octanol–water partition coefficient (Wildman–Crippen LogP) is 1.48.